The van der Waals surface area contributed by atoms with Crippen LogP contribution in [0.5, 0.6) is 5.75 Å². The van der Waals surface area contributed by atoms with Crippen LogP contribution in [-0.2, 0) is 4.79 Å². The van der Waals surface area contributed by atoms with E-state index in [1.165, 1.54) is 6.92 Å². The molecule has 4 nitrogen and oxygen atoms in total. The Labute approximate surface area is 120 Å². The number of carbonyl (C=O) groups is 2. The zero-order chi connectivity index (χ0) is 15.3. The predicted molar refractivity (Wildman–Crippen MR) is 79.1 cm³/mol. The molecule has 0 radical (unpaired) electrons. The first-order chi connectivity index (χ1) is 9.31. The van der Waals surface area contributed by atoms with Gasteiger partial charge in [0.1, 0.15) is 5.75 Å². The minimum atomic E-state index is -0.179. The van der Waals surface area contributed by atoms with Crippen molar-refractivity contribution in [3.63, 3.8) is 0 Å². The molecular weight excluding hydrogens is 254 g/mol. The van der Waals surface area contributed by atoms with Crippen LogP contribution in [0, 0.1) is 12.8 Å². The van der Waals surface area contributed by atoms with E-state index in [0.717, 1.165) is 5.56 Å². The lowest BCUT2D eigenvalue weighted by Gasteiger charge is -2.18. The smallest absolute Gasteiger partial charge is 0.258 e. The number of benzene rings is 1. The molecule has 1 rings (SSSR count). The van der Waals surface area contributed by atoms with Gasteiger partial charge in [-0.3, -0.25) is 9.59 Å². The van der Waals surface area contributed by atoms with Crippen LogP contribution in [0.4, 0.5) is 0 Å². The second-order valence-electron chi connectivity index (χ2n) is 5.44. The summed E-state index contributed by atoms with van der Waals surface area (Å²) in [4.78, 5) is 23.3. The third kappa shape index (κ3) is 4.68. The van der Waals surface area contributed by atoms with E-state index in [1.54, 1.807) is 12.1 Å². The second kappa shape index (κ2) is 7.08. The molecule has 1 aromatic carbocycles. The molecule has 1 atom stereocenters. The van der Waals surface area contributed by atoms with Gasteiger partial charge in [0.2, 0.25) is 0 Å². The number of nitrogens with one attached hydrogen (secondary N) is 1. The molecule has 4 heteroatoms. The van der Waals surface area contributed by atoms with Gasteiger partial charge in [-0.25, -0.2) is 0 Å². The van der Waals surface area contributed by atoms with Crippen LogP contribution in [0.15, 0.2) is 18.2 Å². The largest absolute Gasteiger partial charge is 0.483 e. The molecule has 110 valence electrons. The van der Waals surface area contributed by atoms with Crippen LogP contribution in [0.25, 0.3) is 0 Å². The summed E-state index contributed by atoms with van der Waals surface area (Å²) < 4.78 is 5.49. The summed E-state index contributed by atoms with van der Waals surface area (Å²) in [7, 11) is 0. The van der Waals surface area contributed by atoms with Gasteiger partial charge in [0.15, 0.2) is 12.4 Å². The Kier molecular flexibility index (Phi) is 5.74. The molecule has 0 aliphatic heterocycles. The fourth-order valence-electron chi connectivity index (χ4n) is 1.65. The zero-order valence-corrected chi connectivity index (χ0v) is 12.8. The molecule has 1 N–H and O–H groups in total. The van der Waals surface area contributed by atoms with E-state index in [4.69, 9.17) is 4.74 Å². The summed E-state index contributed by atoms with van der Waals surface area (Å²) in [6, 6.07) is 5.44. The second-order valence-corrected chi connectivity index (χ2v) is 5.44. The topological polar surface area (TPSA) is 55.4 Å². The van der Waals surface area contributed by atoms with Gasteiger partial charge in [-0.05, 0) is 44.4 Å². The Morgan fingerprint density at radius 3 is 2.45 bits per heavy atom. The van der Waals surface area contributed by atoms with Crippen LogP contribution in [0.2, 0.25) is 0 Å². The maximum Gasteiger partial charge on any atom is 0.258 e. The molecule has 0 heterocycles. The van der Waals surface area contributed by atoms with E-state index in [2.05, 4.69) is 5.32 Å². The first-order valence-electron chi connectivity index (χ1n) is 6.85. The molecule has 0 aliphatic rings. The maximum atomic E-state index is 11.8. The summed E-state index contributed by atoms with van der Waals surface area (Å²) in [5.74, 6) is 0.578. The maximum absolute atomic E-state index is 11.8. The lowest BCUT2D eigenvalue weighted by molar-refractivity contribution is -0.124. The number of hydrogen-bond acceptors (Lipinski definition) is 3. The first kappa shape index (κ1) is 16.2. The van der Waals surface area contributed by atoms with Crippen molar-refractivity contribution in [1.82, 2.24) is 5.32 Å². The van der Waals surface area contributed by atoms with Gasteiger partial charge in [-0.1, -0.05) is 19.9 Å². The van der Waals surface area contributed by atoms with Crippen LogP contribution < -0.4 is 10.1 Å². The van der Waals surface area contributed by atoms with Crippen molar-refractivity contribution >= 4 is 11.7 Å². The highest BCUT2D eigenvalue weighted by Gasteiger charge is 2.13. The van der Waals surface area contributed by atoms with Gasteiger partial charge in [-0.15, -0.1) is 0 Å². The SMILES string of the molecule is CC(=O)c1ccc(C)cc1OCC(=O)NC(C)C(C)C. The summed E-state index contributed by atoms with van der Waals surface area (Å²) in [6.45, 7) is 9.35. The quantitative estimate of drug-likeness (QED) is 0.813. The van der Waals surface area contributed by atoms with Crippen LogP contribution in [-0.4, -0.2) is 24.3 Å². The van der Waals surface area contributed by atoms with Crippen molar-refractivity contribution in [2.75, 3.05) is 6.61 Å². The summed E-state index contributed by atoms with van der Waals surface area (Å²) in [5, 5.41) is 2.86. The number of hydrogen-bond donors (Lipinski definition) is 1. The van der Waals surface area contributed by atoms with Crippen LogP contribution >= 0.6 is 0 Å². The van der Waals surface area contributed by atoms with E-state index < -0.39 is 0 Å². The minimum absolute atomic E-state index is 0.0732. The van der Waals surface area contributed by atoms with Gasteiger partial charge < -0.3 is 10.1 Å². The summed E-state index contributed by atoms with van der Waals surface area (Å²) in [6.07, 6.45) is 0. The number of rotatable bonds is 6. The molecule has 20 heavy (non-hydrogen) atoms. The van der Waals surface area contributed by atoms with Crippen LogP contribution in [0.3, 0.4) is 0 Å². The van der Waals surface area contributed by atoms with Crippen molar-refractivity contribution in [3.8, 4) is 5.75 Å². The molecule has 1 unspecified atom stereocenters. The van der Waals surface area contributed by atoms with E-state index in [1.807, 2.05) is 33.8 Å². The van der Waals surface area contributed by atoms with Crippen LogP contribution in [0.1, 0.15) is 43.6 Å². The molecular formula is C16H23NO3. The number of amides is 1. The van der Waals surface area contributed by atoms with Gasteiger partial charge >= 0.3 is 0 Å². The number of carbonyl (C=O) groups excluding carboxylic acids is 2. The molecule has 0 saturated carbocycles. The van der Waals surface area contributed by atoms with E-state index in [9.17, 15) is 9.59 Å². The Bertz CT molecular complexity index is 494. The molecule has 0 bridgehead atoms. The van der Waals surface area contributed by atoms with E-state index in [-0.39, 0.29) is 24.3 Å². The molecule has 0 fully saturated rings. The lowest BCUT2D eigenvalue weighted by Crippen LogP contribution is -2.39. The fraction of sp³-hybridized carbons (Fsp3) is 0.500. The van der Waals surface area contributed by atoms with Crippen molar-refractivity contribution < 1.29 is 14.3 Å². The van der Waals surface area contributed by atoms with Crippen molar-refractivity contribution in [1.29, 1.82) is 0 Å². The Balaban J connectivity index is 2.68. The fourth-order valence-corrected chi connectivity index (χ4v) is 1.65. The number of ketones is 1. The molecule has 1 aromatic rings. The van der Waals surface area contributed by atoms with Gasteiger partial charge in [-0.2, -0.15) is 0 Å². The average molecular weight is 277 g/mol. The van der Waals surface area contributed by atoms with Crippen molar-refractivity contribution in [2.45, 2.75) is 40.7 Å². The van der Waals surface area contributed by atoms with E-state index in [0.29, 0.717) is 17.2 Å². The third-order valence-corrected chi connectivity index (χ3v) is 3.26. The highest BCUT2D eigenvalue weighted by atomic mass is 16.5. The molecule has 0 spiro atoms. The predicted octanol–water partition coefficient (Wildman–Crippen LogP) is 2.74. The number of Topliss-reactive ketones (excluding diaryl/α,β-unsaturated/α-hetero) is 1. The molecule has 1 amide bonds. The van der Waals surface area contributed by atoms with Gasteiger partial charge in [0, 0.05) is 6.04 Å². The number of aryl methyl sites for hydroxylation is 1. The monoisotopic (exact) mass is 277 g/mol. The van der Waals surface area contributed by atoms with Crippen molar-refractivity contribution in [3.05, 3.63) is 29.3 Å². The lowest BCUT2D eigenvalue weighted by atomic mass is 10.1. The molecule has 0 saturated heterocycles. The standard InChI is InChI=1S/C16H23NO3/c1-10(2)12(4)17-16(19)9-20-15-8-11(3)6-7-14(15)13(5)18/h6-8,10,12H,9H2,1-5H3,(H,17,19). The molecule has 0 aromatic heterocycles. The first-order valence-corrected chi connectivity index (χ1v) is 6.85. The van der Waals surface area contributed by atoms with Crippen molar-refractivity contribution in [2.24, 2.45) is 5.92 Å². The van der Waals surface area contributed by atoms with Gasteiger partial charge in [0.25, 0.3) is 5.91 Å². The minimum Gasteiger partial charge on any atom is -0.483 e. The Morgan fingerprint density at radius 2 is 1.90 bits per heavy atom. The highest BCUT2D eigenvalue weighted by molar-refractivity contribution is 5.97. The normalized spacial score (nSPS) is 12.1. The zero-order valence-electron chi connectivity index (χ0n) is 12.8. The number of ether oxygens (including phenoxy) is 1. The highest BCUT2D eigenvalue weighted by Crippen LogP contribution is 2.20. The van der Waals surface area contributed by atoms with Gasteiger partial charge in [0.05, 0.1) is 5.56 Å². The summed E-state index contributed by atoms with van der Waals surface area (Å²) >= 11 is 0. The van der Waals surface area contributed by atoms with E-state index >= 15 is 0 Å². The summed E-state index contributed by atoms with van der Waals surface area (Å²) in [5.41, 5.74) is 1.49. The third-order valence-electron chi connectivity index (χ3n) is 3.26. The average Bonchev–Trinajstić information content (AvgIpc) is 2.35. The Hall–Kier alpha value is -1.84. The molecule has 0 aliphatic carbocycles. The Morgan fingerprint density at radius 1 is 1.25 bits per heavy atom.